The van der Waals surface area contributed by atoms with E-state index in [0.29, 0.717) is 25.5 Å². The summed E-state index contributed by atoms with van der Waals surface area (Å²) < 4.78 is 36.8. The zero-order valence-corrected chi connectivity index (χ0v) is 17.9. The fourth-order valence-corrected chi connectivity index (χ4v) is 2.82. The first-order valence-corrected chi connectivity index (χ1v) is 8.64. The van der Waals surface area contributed by atoms with Gasteiger partial charge in [-0.1, -0.05) is 18.2 Å². The molecule has 0 spiro atoms. The van der Waals surface area contributed by atoms with Crippen LogP contribution in [0, 0.1) is 0 Å². The van der Waals surface area contributed by atoms with Gasteiger partial charge in [-0.15, -0.1) is 24.0 Å². The van der Waals surface area contributed by atoms with Crippen LogP contribution in [0.15, 0.2) is 35.5 Å². The molecule has 1 aromatic heterocycles. The van der Waals surface area contributed by atoms with Crippen molar-refractivity contribution in [3.05, 3.63) is 36.0 Å². The van der Waals surface area contributed by atoms with Crippen LogP contribution < -0.4 is 10.6 Å². The molecule has 2 rings (SSSR count). The van der Waals surface area contributed by atoms with E-state index in [2.05, 4.69) is 26.7 Å². The van der Waals surface area contributed by atoms with Crippen molar-refractivity contribution in [2.75, 3.05) is 40.3 Å². The maximum absolute atomic E-state index is 12.3. The summed E-state index contributed by atoms with van der Waals surface area (Å²) >= 11 is 0. The lowest BCUT2D eigenvalue weighted by Gasteiger charge is -2.18. The smallest absolute Gasteiger partial charge is 0.361 e. The Hall–Kier alpha value is -1.49. The number of nitrogens with one attached hydrogen (secondary N) is 3. The SMILES string of the molecule is CN=C(NCCCN(C)CC(F)(F)F)NCCc1c[nH]c2ccccc12.I. The zero-order valence-electron chi connectivity index (χ0n) is 15.6. The lowest BCUT2D eigenvalue weighted by molar-refractivity contribution is -0.143. The number of aromatic nitrogens is 1. The number of alkyl halides is 3. The van der Waals surface area contributed by atoms with Crippen molar-refractivity contribution in [3.8, 4) is 0 Å². The van der Waals surface area contributed by atoms with Gasteiger partial charge in [0.2, 0.25) is 0 Å². The van der Waals surface area contributed by atoms with Crippen molar-refractivity contribution in [1.29, 1.82) is 0 Å². The number of nitrogens with zero attached hydrogens (tertiary/aromatic N) is 2. The Morgan fingerprint density at radius 3 is 2.59 bits per heavy atom. The molecule has 3 N–H and O–H groups in total. The van der Waals surface area contributed by atoms with E-state index in [4.69, 9.17) is 0 Å². The van der Waals surface area contributed by atoms with E-state index in [1.807, 2.05) is 24.4 Å². The van der Waals surface area contributed by atoms with Gasteiger partial charge in [0, 0.05) is 37.2 Å². The van der Waals surface area contributed by atoms with Crippen LogP contribution in [0.1, 0.15) is 12.0 Å². The molecule has 0 radical (unpaired) electrons. The molecule has 0 unspecified atom stereocenters. The predicted octanol–water partition coefficient (Wildman–Crippen LogP) is 3.38. The summed E-state index contributed by atoms with van der Waals surface area (Å²) in [6, 6.07) is 8.15. The Morgan fingerprint density at radius 2 is 1.89 bits per heavy atom. The summed E-state index contributed by atoms with van der Waals surface area (Å²) in [6.07, 6.45) is -0.685. The molecule has 5 nitrogen and oxygen atoms in total. The first kappa shape index (κ1) is 23.5. The highest BCUT2D eigenvalue weighted by Gasteiger charge is 2.28. The molecular formula is C18H27F3IN5. The second-order valence-electron chi connectivity index (χ2n) is 6.24. The molecular weight excluding hydrogens is 470 g/mol. The molecule has 0 fully saturated rings. The minimum absolute atomic E-state index is 0. The molecule has 0 aliphatic heterocycles. The highest BCUT2D eigenvalue weighted by Crippen LogP contribution is 2.17. The fourth-order valence-electron chi connectivity index (χ4n) is 2.82. The number of fused-ring (bicyclic) bond motifs is 1. The molecule has 0 saturated carbocycles. The number of aliphatic imine (C=N–C) groups is 1. The molecule has 0 atom stereocenters. The molecule has 1 heterocycles. The first-order valence-electron chi connectivity index (χ1n) is 8.64. The Bertz CT molecular complexity index is 714. The number of rotatable bonds is 8. The van der Waals surface area contributed by atoms with Crippen LogP contribution in [-0.2, 0) is 6.42 Å². The average Bonchev–Trinajstić information content (AvgIpc) is 2.99. The van der Waals surface area contributed by atoms with E-state index >= 15 is 0 Å². The first-order chi connectivity index (χ1) is 12.4. The van der Waals surface area contributed by atoms with Crippen molar-refractivity contribution in [2.45, 2.75) is 19.0 Å². The summed E-state index contributed by atoms with van der Waals surface area (Å²) in [5.41, 5.74) is 2.35. The largest absolute Gasteiger partial charge is 0.401 e. The predicted molar refractivity (Wildman–Crippen MR) is 115 cm³/mol. The fraction of sp³-hybridized carbons (Fsp3) is 0.500. The van der Waals surface area contributed by atoms with E-state index in [1.54, 1.807) is 7.05 Å². The molecule has 9 heteroatoms. The second-order valence-corrected chi connectivity index (χ2v) is 6.24. The van der Waals surface area contributed by atoms with Crippen molar-refractivity contribution in [3.63, 3.8) is 0 Å². The topological polar surface area (TPSA) is 55.5 Å². The maximum Gasteiger partial charge on any atom is 0.401 e. The molecule has 0 aliphatic rings. The maximum atomic E-state index is 12.3. The van der Waals surface area contributed by atoms with Crippen molar-refractivity contribution in [2.24, 2.45) is 4.99 Å². The quantitative estimate of drug-likeness (QED) is 0.227. The van der Waals surface area contributed by atoms with Gasteiger partial charge in [0.05, 0.1) is 6.54 Å². The molecule has 27 heavy (non-hydrogen) atoms. The highest BCUT2D eigenvalue weighted by molar-refractivity contribution is 14.0. The number of hydrogen-bond donors (Lipinski definition) is 3. The number of para-hydroxylation sites is 1. The lowest BCUT2D eigenvalue weighted by atomic mass is 10.1. The van der Waals surface area contributed by atoms with Crippen molar-refractivity contribution >= 4 is 40.8 Å². The van der Waals surface area contributed by atoms with Crippen LogP contribution in [0.25, 0.3) is 10.9 Å². The summed E-state index contributed by atoms with van der Waals surface area (Å²) in [4.78, 5) is 8.66. The van der Waals surface area contributed by atoms with Crippen LogP contribution >= 0.6 is 24.0 Å². The van der Waals surface area contributed by atoms with Gasteiger partial charge >= 0.3 is 6.18 Å². The Balaban J connectivity index is 0.00000364. The monoisotopic (exact) mass is 497 g/mol. The average molecular weight is 497 g/mol. The third-order valence-corrected chi connectivity index (χ3v) is 4.04. The third-order valence-electron chi connectivity index (χ3n) is 4.04. The summed E-state index contributed by atoms with van der Waals surface area (Å²) in [7, 11) is 3.15. The number of aromatic amines is 1. The zero-order chi connectivity index (χ0) is 19.0. The Morgan fingerprint density at radius 1 is 1.19 bits per heavy atom. The molecule has 152 valence electrons. The van der Waals surface area contributed by atoms with E-state index < -0.39 is 12.7 Å². The molecule has 0 saturated heterocycles. The Kier molecular flexibility index (Phi) is 9.92. The van der Waals surface area contributed by atoms with E-state index in [0.717, 1.165) is 18.5 Å². The van der Waals surface area contributed by atoms with Gasteiger partial charge in [0.15, 0.2) is 5.96 Å². The van der Waals surface area contributed by atoms with Gasteiger partial charge in [-0.2, -0.15) is 13.2 Å². The second kappa shape index (κ2) is 11.4. The minimum Gasteiger partial charge on any atom is -0.361 e. The van der Waals surface area contributed by atoms with Crippen LogP contribution in [0.2, 0.25) is 0 Å². The van der Waals surface area contributed by atoms with E-state index in [1.165, 1.54) is 22.9 Å². The number of hydrogen-bond acceptors (Lipinski definition) is 2. The minimum atomic E-state index is -4.15. The number of benzene rings is 1. The molecule has 0 bridgehead atoms. The van der Waals surface area contributed by atoms with Gasteiger partial charge in [-0.05, 0) is 38.1 Å². The van der Waals surface area contributed by atoms with Gasteiger partial charge in [-0.3, -0.25) is 9.89 Å². The molecule has 0 amide bonds. The van der Waals surface area contributed by atoms with Crippen LogP contribution in [0.3, 0.4) is 0 Å². The van der Waals surface area contributed by atoms with Gasteiger partial charge in [-0.25, -0.2) is 0 Å². The summed E-state index contributed by atoms with van der Waals surface area (Å²) in [5.74, 6) is 0.656. The van der Waals surface area contributed by atoms with Crippen LogP contribution in [0.4, 0.5) is 13.2 Å². The van der Waals surface area contributed by atoms with Gasteiger partial charge in [0.1, 0.15) is 0 Å². The normalized spacial score (nSPS) is 12.3. The number of guanidine groups is 1. The lowest BCUT2D eigenvalue weighted by Crippen LogP contribution is -2.40. The van der Waals surface area contributed by atoms with Gasteiger partial charge in [0.25, 0.3) is 0 Å². The summed E-state index contributed by atoms with van der Waals surface area (Å²) in [5, 5.41) is 7.57. The standard InChI is InChI=1S/C18H26F3N5.HI/c1-22-17(23-9-5-11-26(2)13-18(19,20)21)24-10-8-14-12-25-16-7-4-3-6-15(14)16;/h3-4,6-7,12,25H,5,8-11,13H2,1-2H3,(H2,22,23,24);1H. The van der Waals surface area contributed by atoms with Crippen LogP contribution in [-0.4, -0.2) is 62.3 Å². The van der Waals surface area contributed by atoms with Crippen molar-refractivity contribution < 1.29 is 13.2 Å². The molecule has 2 aromatic rings. The van der Waals surface area contributed by atoms with E-state index in [9.17, 15) is 13.2 Å². The van der Waals surface area contributed by atoms with Gasteiger partial charge < -0.3 is 15.6 Å². The van der Waals surface area contributed by atoms with Crippen LogP contribution in [0.5, 0.6) is 0 Å². The molecule has 1 aromatic carbocycles. The summed E-state index contributed by atoms with van der Waals surface area (Å²) in [6.45, 7) is 0.772. The number of H-pyrrole nitrogens is 1. The number of halogens is 4. The van der Waals surface area contributed by atoms with Crippen molar-refractivity contribution in [1.82, 2.24) is 20.5 Å². The third kappa shape index (κ3) is 8.37. The Labute approximate surface area is 174 Å². The van der Waals surface area contributed by atoms with E-state index in [-0.39, 0.29) is 24.0 Å². The highest BCUT2D eigenvalue weighted by atomic mass is 127. The molecule has 0 aliphatic carbocycles.